The van der Waals surface area contributed by atoms with E-state index in [2.05, 4.69) is 10.1 Å². The monoisotopic (exact) mass is 371 g/mol. The molecule has 26 heavy (non-hydrogen) atoms. The second-order valence-electron chi connectivity index (χ2n) is 6.01. The van der Waals surface area contributed by atoms with Gasteiger partial charge < -0.3 is 14.2 Å². The first kappa shape index (κ1) is 18.1. The fourth-order valence-corrected chi connectivity index (χ4v) is 3.09. The molecule has 0 bridgehead atoms. The van der Waals surface area contributed by atoms with Crippen molar-refractivity contribution in [2.75, 3.05) is 7.05 Å². The van der Waals surface area contributed by atoms with Crippen molar-refractivity contribution >= 4 is 17.2 Å². The fourth-order valence-electron chi connectivity index (χ4n) is 2.44. The number of hydrogen-bond acceptors (Lipinski definition) is 6. The van der Waals surface area contributed by atoms with Crippen molar-refractivity contribution in [3.05, 3.63) is 53.2 Å². The Morgan fingerprint density at radius 1 is 1.31 bits per heavy atom. The van der Waals surface area contributed by atoms with Gasteiger partial charge in [0.25, 0.3) is 5.91 Å². The second kappa shape index (κ2) is 8.14. The Bertz CT molecular complexity index is 843. The van der Waals surface area contributed by atoms with Gasteiger partial charge in [-0.05, 0) is 36.9 Å². The van der Waals surface area contributed by atoms with Gasteiger partial charge in [0, 0.05) is 7.05 Å². The highest BCUT2D eigenvalue weighted by Crippen LogP contribution is 2.22. The molecule has 0 saturated carbocycles. The number of benzene rings is 1. The molecule has 3 aromatic rings. The number of amides is 1. The predicted molar refractivity (Wildman–Crippen MR) is 100.0 cm³/mol. The molecule has 7 heteroatoms. The zero-order valence-electron chi connectivity index (χ0n) is 15.0. The Balaban J connectivity index is 1.63. The molecule has 0 aliphatic heterocycles. The van der Waals surface area contributed by atoms with Gasteiger partial charge in [-0.1, -0.05) is 35.8 Å². The summed E-state index contributed by atoms with van der Waals surface area (Å²) in [6, 6.07) is 11.5. The van der Waals surface area contributed by atoms with Gasteiger partial charge in [0.1, 0.15) is 5.75 Å². The Morgan fingerprint density at radius 3 is 2.73 bits per heavy atom. The minimum absolute atomic E-state index is 0.121. The number of hydrogen-bond donors (Lipinski definition) is 0. The van der Waals surface area contributed by atoms with Crippen molar-refractivity contribution in [1.29, 1.82) is 0 Å². The lowest BCUT2D eigenvalue weighted by atomic mass is 10.2. The van der Waals surface area contributed by atoms with Gasteiger partial charge in [0.05, 0.1) is 11.4 Å². The summed E-state index contributed by atoms with van der Waals surface area (Å²) in [6.45, 7) is 4.17. The van der Waals surface area contributed by atoms with Gasteiger partial charge in [0.15, 0.2) is 6.10 Å². The Hall–Kier alpha value is -2.67. The number of aryl methyl sites for hydroxylation is 1. The maximum atomic E-state index is 12.7. The number of ether oxygens (including phenoxy) is 1. The molecule has 6 nitrogen and oxygen atoms in total. The normalized spacial score (nSPS) is 12.0. The Labute approximate surface area is 156 Å². The molecule has 0 aliphatic carbocycles. The average molecular weight is 371 g/mol. The van der Waals surface area contributed by atoms with E-state index < -0.39 is 6.10 Å². The van der Waals surface area contributed by atoms with Crippen LogP contribution in [0.4, 0.5) is 0 Å². The van der Waals surface area contributed by atoms with Crippen molar-refractivity contribution in [2.24, 2.45) is 0 Å². The van der Waals surface area contributed by atoms with Crippen LogP contribution in [0.3, 0.4) is 0 Å². The van der Waals surface area contributed by atoms with Gasteiger partial charge in [-0.2, -0.15) is 4.98 Å². The third-order valence-corrected chi connectivity index (χ3v) is 4.77. The molecule has 0 fully saturated rings. The molecule has 0 saturated heterocycles. The molecule has 0 unspecified atom stereocenters. The number of carbonyl (C=O) groups is 1. The molecule has 3 rings (SSSR count). The molecule has 0 radical (unpaired) electrons. The van der Waals surface area contributed by atoms with Crippen LogP contribution in [0.1, 0.15) is 24.8 Å². The Kier molecular flexibility index (Phi) is 5.68. The van der Waals surface area contributed by atoms with Crippen molar-refractivity contribution < 1.29 is 14.1 Å². The van der Waals surface area contributed by atoms with E-state index in [1.807, 2.05) is 55.6 Å². The van der Waals surface area contributed by atoms with Gasteiger partial charge >= 0.3 is 0 Å². The van der Waals surface area contributed by atoms with Crippen LogP contribution < -0.4 is 4.74 Å². The van der Waals surface area contributed by atoms with Gasteiger partial charge in [-0.3, -0.25) is 4.79 Å². The quantitative estimate of drug-likeness (QED) is 0.630. The van der Waals surface area contributed by atoms with E-state index in [1.165, 1.54) is 11.3 Å². The number of nitrogens with zero attached hydrogens (tertiary/aromatic N) is 3. The lowest BCUT2D eigenvalue weighted by molar-refractivity contribution is -0.138. The smallest absolute Gasteiger partial charge is 0.263 e. The summed E-state index contributed by atoms with van der Waals surface area (Å²) in [5.41, 5.74) is 1.15. The highest BCUT2D eigenvalue weighted by Gasteiger charge is 2.24. The van der Waals surface area contributed by atoms with Crippen LogP contribution in [0, 0.1) is 6.92 Å². The lowest BCUT2D eigenvalue weighted by Gasteiger charge is -2.22. The summed E-state index contributed by atoms with van der Waals surface area (Å²) in [6.07, 6.45) is 0.0174. The highest BCUT2D eigenvalue weighted by molar-refractivity contribution is 7.13. The van der Waals surface area contributed by atoms with E-state index in [0.29, 0.717) is 23.9 Å². The molecule has 0 N–H and O–H groups in total. The number of likely N-dealkylation sites (N-methyl/N-ethyl adjacent to an activating group) is 1. The summed E-state index contributed by atoms with van der Waals surface area (Å²) >= 11 is 1.54. The van der Waals surface area contributed by atoms with Crippen LogP contribution in [0.25, 0.3) is 10.7 Å². The number of aromatic nitrogens is 2. The van der Waals surface area contributed by atoms with E-state index in [4.69, 9.17) is 9.26 Å². The number of carbonyl (C=O) groups excluding carboxylic acids is 1. The van der Waals surface area contributed by atoms with E-state index in [1.54, 1.807) is 11.9 Å². The first-order valence-electron chi connectivity index (χ1n) is 8.41. The summed E-state index contributed by atoms with van der Waals surface area (Å²) < 4.78 is 11.1. The number of thiophene rings is 1. The third-order valence-electron chi connectivity index (χ3n) is 3.90. The summed E-state index contributed by atoms with van der Waals surface area (Å²) in [7, 11) is 1.71. The molecule has 0 spiro atoms. The SMILES string of the molecule is CC[C@@H](Oc1ccc(C)cc1)C(=O)N(C)Cc1nc(-c2cccs2)no1. The third kappa shape index (κ3) is 4.29. The van der Waals surface area contributed by atoms with Crippen LogP contribution in [0.2, 0.25) is 0 Å². The molecule has 1 aromatic carbocycles. The second-order valence-corrected chi connectivity index (χ2v) is 6.96. The maximum Gasteiger partial charge on any atom is 0.263 e. The molecule has 1 atom stereocenters. The molecule has 136 valence electrons. The molecule has 2 aromatic heterocycles. The fraction of sp³-hybridized carbons (Fsp3) is 0.316. The largest absolute Gasteiger partial charge is 0.481 e. The minimum Gasteiger partial charge on any atom is -0.481 e. The van der Waals surface area contributed by atoms with Crippen LogP contribution in [-0.4, -0.2) is 34.1 Å². The van der Waals surface area contributed by atoms with Crippen LogP contribution in [-0.2, 0) is 11.3 Å². The molecule has 2 heterocycles. The first-order valence-corrected chi connectivity index (χ1v) is 9.29. The van der Waals surface area contributed by atoms with E-state index >= 15 is 0 Å². The van der Waals surface area contributed by atoms with Gasteiger partial charge in [-0.25, -0.2) is 0 Å². The van der Waals surface area contributed by atoms with Crippen molar-refractivity contribution in [3.63, 3.8) is 0 Å². The summed E-state index contributed by atoms with van der Waals surface area (Å²) in [5, 5.41) is 5.92. The molecular weight excluding hydrogens is 350 g/mol. The summed E-state index contributed by atoms with van der Waals surface area (Å²) in [5.74, 6) is 1.50. The zero-order chi connectivity index (χ0) is 18.5. The molecule has 0 aliphatic rings. The topological polar surface area (TPSA) is 68.5 Å². The Morgan fingerprint density at radius 2 is 2.08 bits per heavy atom. The summed E-state index contributed by atoms with van der Waals surface area (Å²) in [4.78, 5) is 19.5. The maximum absolute atomic E-state index is 12.7. The van der Waals surface area contributed by atoms with Crippen LogP contribution >= 0.6 is 11.3 Å². The first-order chi connectivity index (χ1) is 12.6. The predicted octanol–water partition coefficient (Wildman–Crippen LogP) is 3.92. The van der Waals surface area contributed by atoms with Crippen LogP contribution in [0.15, 0.2) is 46.3 Å². The standard InChI is InChI=1S/C19H21N3O3S/c1-4-15(24-14-9-7-13(2)8-10-14)19(23)22(3)12-17-20-18(21-25-17)16-6-5-11-26-16/h5-11,15H,4,12H2,1-3H3/t15-/m1/s1. The van der Waals surface area contributed by atoms with E-state index in [-0.39, 0.29) is 12.5 Å². The molecular formula is C19H21N3O3S. The van der Waals surface area contributed by atoms with Gasteiger partial charge in [0.2, 0.25) is 11.7 Å². The highest BCUT2D eigenvalue weighted by atomic mass is 32.1. The molecule has 1 amide bonds. The van der Waals surface area contributed by atoms with E-state index in [9.17, 15) is 4.79 Å². The number of rotatable bonds is 7. The van der Waals surface area contributed by atoms with Crippen LogP contribution in [0.5, 0.6) is 5.75 Å². The minimum atomic E-state index is -0.553. The van der Waals surface area contributed by atoms with Gasteiger partial charge in [-0.15, -0.1) is 11.3 Å². The van der Waals surface area contributed by atoms with Crippen molar-refractivity contribution in [3.8, 4) is 16.5 Å². The zero-order valence-corrected chi connectivity index (χ0v) is 15.8. The van der Waals surface area contributed by atoms with Crippen molar-refractivity contribution in [2.45, 2.75) is 32.9 Å². The van der Waals surface area contributed by atoms with Crippen molar-refractivity contribution in [1.82, 2.24) is 15.0 Å². The lowest BCUT2D eigenvalue weighted by Crippen LogP contribution is -2.39. The average Bonchev–Trinajstić information content (AvgIpc) is 3.32. The van der Waals surface area contributed by atoms with E-state index in [0.717, 1.165) is 10.4 Å².